The SMILES string of the molecule is O=C(CN(c1nccs1)S(=O)(=O)c1ccccc1)NCCSc1ccccc1. The van der Waals surface area contributed by atoms with Crippen LogP contribution in [0.25, 0.3) is 0 Å². The van der Waals surface area contributed by atoms with Gasteiger partial charge in [-0.25, -0.2) is 17.7 Å². The molecule has 0 aliphatic carbocycles. The molecule has 0 radical (unpaired) electrons. The van der Waals surface area contributed by atoms with Crippen molar-refractivity contribution in [3.63, 3.8) is 0 Å². The van der Waals surface area contributed by atoms with Crippen molar-refractivity contribution >= 4 is 44.2 Å². The molecule has 9 heteroatoms. The Morgan fingerprint density at radius 3 is 2.39 bits per heavy atom. The summed E-state index contributed by atoms with van der Waals surface area (Å²) in [6, 6.07) is 17.9. The molecule has 0 fully saturated rings. The van der Waals surface area contributed by atoms with Crippen LogP contribution in [0.4, 0.5) is 5.13 Å². The quantitative estimate of drug-likeness (QED) is 0.414. The van der Waals surface area contributed by atoms with Crippen molar-refractivity contribution in [1.82, 2.24) is 10.3 Å². The van der Waals surface area contributed by atoms with Crippen LogP contribution in [-0.4, -0.2) is 38.2 Å². The van der Waals surface area contributed by atoms with E-state index in [1.165, 1.54) is 29.7 Å². The summed E-state index contributed by atoms with van der Waals surface area (Å²) in [5.41, 5.74) is 0. The van der Waals surface area contributed by atoms with Gasteiger partial charge >= 0.3 is 0 Å². The van der Waals surface area contributed by atoms with E-state index in [0.29, 0.717) is 12.3 Å². The van der Waals surface area contributed by atoms with Crippen molar-refractivity contribution in [2.45, 2.75) is 9.79 Å². The first-order valence-electron chi connectivity index (χ1n) is 8.49. The topological polar surface area (TPSA) is 79.4 Å². The Labute approximate surface area is 172 Å². The summed E-state index contributed by atoms with van der Waals surface area (Å²) >= 11 is 2.80. The van der Waals surface area contributed by atoms with Gasteiger partial charge in [0.1, 0.15) is 6.54 Å². The van der Waals surface area contributed by atoms with Crippen molar-refractivity contribution in [1.29, 1.82) is 0 Å². The first-order chi connectivity index (χ1) is 13.6. The van der Waals surface area contributed by atoms with Gasteiger partial charge in [0.25, 0.3) is 10.0 Å². The Morgan fingerprint density at radius 1 is 1.07 bits per heavy atom. The van der Waals surface area contributed by atoms with Crippen LogP contribution >= 0.6 is 23.1 Å². The maximum absolute atomic E-state index is 13.0. The lowest BCUT2D eigenvalue weighted by Crippen LogP contribution is -2.41. The van der Waals surface area contributed by atoms with Crippen LogP contribution in [0.15, 0.2) is 82.0 Å². The van der Waals surface area contributed by atoms with Gasteiger partial charge < -0.3 is 5.32 Å². The maximum Gasteiger partial charge on any atom is 0.266 e. The number of anilines is 1. The van der Waals surface area contributed by atoms with Gasteiger partial charge in [-0.2, -0.15) is 0 Å². The van der Waals surface area contributed by atoms with E-state index in [0.717, 1.165) is 9.20 Å². The van der Waals surface area contributed by atoms with Crippen molar-refractivity contribution in [2.24, 2.45) is 0 Å². The molecule has 0 unspecified atom stereocenters. The van der Waals surface area contributed by atoms with Crippen LogP contribution < -0.4 is 9.62 Å². The molecular formula is C19H19N3O3S3. The molecule has 3 aromatic rings. The van der Waals surface area contributed by atoms with E-state index < -0.39 is 10.0 Å². The van der Waals surface area contributed by atoms with E-state index in [1.54, 1.807) is 35.3 Å². The third-order valence-electron chi connectivity index (χ3n) is 3.69. The lowest BCUT2D eigenvalue weighted by atomic mass is 10.4. The minimum Gasteiger partial charge on any atom is -0.354 e. The predicted molar refractivity (Wildman–Crippen MR) is 113 cm³/mol. The number of carbonyl (C=O) groups excluding carboxylic acids is 1. The minimum absolute atomic E-state index is 0.123. The van der Waals surface area contributed by atoms with Crippen LogP contribution in [0.2, 0.25) is 0 Å². The highest BCUT2D eigenvalue weighted by Crippen LogP contribution is 2.25. The average Bonchev–Trinajstić information content (AvgIpc) is 3.25. The highest BCUT2D eigenvalue weighted by Gasteiger charge is 2.28. The molecular weight excluding hydrogens is 414 g/mol. The molecule has 1 aromatic heterocycles. The minimum atomic E-state index is -3.88. The smallest absolute Gasteiger partial charge is 0.266 e. The lowest BCUT2D eigenvalue weighted by Gasteiger charge is -2.21. The fourth-order valence-electron chi connectivity index (χ4n) is 2.38. The summed E-state index contributed by atoms with van der Waals surface area (Å²) < 4.78 is 27.0. The van der Waals surface area contributed by atoms with Gasteiger partial charge in [-0.15, -0.1) is 23.1 Å². The second kappa shape index (κ2) is 9.72. The van der Waals surface area contributed by atoms with E-state index in [9.17, 15) is 13.2 Å². The molecule has 1 heterocycles. The van der Waals surface area contributed by atoms with Gasteiger partial charge in [-0.1, -0.05) is 36.4 Å². The van der Waals surface area contributed by atoms with Crippen LogP contribution in [0.1, 0.15) is 0 Å². The fraction of sp³-hybridized carbons (Fsp3) is 0.158. The number of thioether (sulfide) groups is 1. The molecule has 0 saturated heterocycles. The van der Waals surface area contributed by atoms with Gasteiger partial charge in [-0.05, 0) is 24.3 Å². The molecule has 28 heavy (non-hydrogen) atoms. The zero-order valence-corrected chi connectivity index (χ0v) is 17.3. The van der Waals surface area contributed by atoms with Gasteiger partial charge in [0.15, 0.2) is 5.13 Å². The monoisotopic (exact) mass is 433 g/mol. The summed E-state index contributed by atoms with van der Waals surface area (Å²) in [5, 5.41) is 4.72. The summed E-state index contributed by atoms with van der Waals surface area (Å²) in [6.45, 7) is 0.121. The third kappa shape index (κ3) is 5.34. The Morgan fingerprint density at radius 2 is 1.75 bits per heavy atom. The number of nitrogens with zero attached hydrogens (tertiary/aromatic N) is 2. The van der Waals surface area contributed by atoms with Crippen LogP contribution in [0.5, 0.6) is 0 Å². The number of hydrogen-bond acceptors (Lipinski definition) is 6. The molecule has 146 valence electrons. The number of benzene rings is 2. The molecule has 0 atom stereocenters. The summed E-state index contributed by atoms with van der Waals surface area (Å²) in [7, 11) is -3.88. The second-order valence-electron chi connectivity index (χ2n) is 5.65. The number of amides is 1. The van der Waals surface area contributed by atoms with E-state index in [-0.39, 0.29) is 22.5 Å². The largest absolute Gasteiger partial charge is 0.354 e. The number of nitrogens with one attached hydrogen (secondary N) is 1. The second-order valence-corrected chi connectivity index (χ2v) is 9.55. The zero-order chi connectivity index (χ0) is 19.8. The molecule has 0 saturated carbocycles. The molecule has 0 spiro atoms. The highest BCUT2D eigenvalue weighted by molar-refractivity contribution is 7.99. The maximum atomic E-state index is 13.0. The fourth-order valence-corrected chi connectivity index (χ4v) is 5.43. The Hall–Kier alpha value is -2.36. The van der Waals surface area contributed by atoms with Gasteiger partial charge in [0, 0.05) is 28.8 Å². The first kappa shape index (κ1) is 20.4. The number of hydrogen-bond donors (Lipinski definition) is 1. The van der Waals surface area contributed by atoms with Crippen molar-refractivity contribution in [2.75, 3.05) is 23.1 Å². The van der Waals surface area contributed by atoms with Crippen molar-refractivity contribution < 1.29 is 13.2 Å². The van der Waals surface area contributed by atoms with Gasteiger partial charge in [-0.3, -0.25) is 4.79 Å². The van der Waals surface area contributed by atoms with Gasteiger partial charge in [0.2, 0.25) is 5.91 Å². The summed E-state index contributed by atoms with van der Waals surface area (Å²) in [5.74, 6) is 0.321. The van der Waals surface area contributed by atoms with Crippen molar-refractivity contribution in [3.05, 3.63) is 72.2 Å². The molecule has 0 aliphatic rings. The third-order valence-corrected chi connectivity index (χ3v) is 7.36. The molecule has 6 nitrogen and oxygen atoms in total. The average molecular weight is 434 g/mol. The summed E-state index contributed by atoms with van der Waals surface area (Å²) in [6.07, 6.45) is 1.52. The van der Waals surface area contributed by atoms with Crippen LogP contribution in [0, 0.1) is 0 Å². The molecule has 2 aromatic carbocycles. The first-order valence-corrected chi connectivity index (χ1v) is 11.8. The normalized spacial score (nSPS) is 11.1. The van der Waals surface area contributed by atoms with Crippen LogP contribution in [-0.2, 0) is 14.8 Å². The zero-order valence-electron chi connectivity index (χ0n) is 14.9. The standard InChI is InChI=1S/C19H19N3O3S3/c23-18(20-11-13-26-16-7-3-1-4-8-16)15-22(19-21-12-14-27-19)28(24,25)17-9-5-2-6-10-17/h1-10,12,14H,11,13,15H2,(H,20,23). The Kier molecular flexibility index (Phi) is 7.07. The summed E-state index contributed by atoms with van der Waals surface area (Å²) in [4.78, 5) is 17.7. The molecule has 3 rings (SSSR count). The Bertz CT molecular complexity index is 979. The van der Waals surface area contributed by atoms with Crippen LogP contribution in [0.3, 0.4) is 0 Å². The highest BCUT2D eigenvalue weighted by atomic mass is 32.2. The lowest BCUT2D eigenvalue weighted by molar-refractivity contribution is -0.119. The number of rotatable bonds is 9. The van der Waals surface area contributed by atoms with E-state index in [4.69, 9.17) is 0 Å². The molecule has 0 bridgehead atoms. The predicted octanol–water partition coefficient (Wildman–Crippen LogP) is 3.25. The molecule has 1 N–H and O–H groups in total. The molecule has 0 aliphatic heterocycles. The number of carbonyl (C=O) groups is 1. The Balaban J connectivity index is 1.63. The van der Waals surface area contributed by atoms with E-state index in [2.05, 4.69) is 10.3 Å². The van der Waals surface area contributed by atoms with E-state index in [1.807, 2.05) is 30.3 Å². The number of thiazole rings is 1. The van der Waals surface area contributed by atoms with Crippen molar-refractivity contribution in [3.8, 4) is 0 Å². The van der Waals surface area contributed by atoms with E-state index >= 15 is 0 Å². The molecule has 1 amide bonds. The van der Waals surface area contributed by atoms with Gasteiger partial charge in [0.05, 0.1) is 4.90 Å². The number of aromatic nitrogens is 1. The number of sulfonamides is 1.